The highest BCUT2D eigenvalue weighted by Crippen LogP contribution is 2.30. The molecular formula is C18H27N5O2. The average molecular weight is 345 g/mol. The molecule has 2 N–H and O–H groups in total. The van der Waals surface area contributed by atoms with Crippen molar-refractivity contribution in [3.8, 4) is 11.5 Å². The van der Waals surface area contributed by atoms with Crippen LogP contribution in [0.1, 0.15) is 20.3 Å². The van der Waals surface area contributed by atoms with Gasteiger partial charge in [-0.3, -0.25) is 9.67 Å². The fourth-order valence-corrected chi connectivity index (χ4v) is 2.32. The van der Waals surface area contributed by atoms with Gasteiger partial charge in [0.25, 0.3) is 0 Å². The molecule has 0 aliphatic heterocycles. The van der Waals surface area contributed by atoms with E-state index in [4.69, 9.17) is 9.47 Å². The number of anilines is 1. The summed E-state index contributed by atoms with van der Waals surface area (Å²) in [5.41, 5.74) is 0.899. The fourth-order valence-electron chi connectivity index (χ4n) is 2.32. The standard InChI is InChI=1S/C18H27N5O2/c1-4-19-18(20-10-6-12-23-13-7-11-21-23)22-15-8-9-16(24-3)17(14-15)25-5-2/h7-9,11,13-14H,4-6,10,12H2,1-3H3,(H2,19,20,22). The lowest BCUT2D eigenvalue weighted by Crippen LogP contribution is -2.30. The van der Waals surface area contributed by atoms with Gasteiger partial charge in [-0.25, -0.2) is 0 Å². The largest absolute Gasteiger partial charge is 0.493 e. The van der Waals surface area contributed by atoms with Crippen LogP contribution >= 0.6 is 0 Å². The highest BCUT2D eigenvalue weighted by atomic mass is 16.5. The molecule has 0 bridgehead atoms. The summed E-state index contributed by atoms with van der Waals surface area (Å²) in [6.45, 7) is 6.93. The minimum atomic E-state index is 0.585. The molecule has 1 aromatic heterocycles. The van der Waals surface area contributed by atoms with Crippen molar-refractivity contribution in [2.45, 2.75) is 26.8 Å². The van der Waals surface area contributed by atoms with Gasteiger partial charge >= 0.3 is 0 Å². The predicted molar refractivity (Wildman–Crippen MR) is 101 cm³/mol. The molecule has 0 aliphatic rings. The molecular weight excluding hydrogens is 318 g/mol. The topological polar surface area (TPSA) is 72.7 Å². The first-order valence-corrected chi connectivity index (χ1v) is 8.60. The van der Waals surface area contributed by atoms with Gasteiger partial charge in [-0.2, -0.15) is 5.10 Å². The van der Waals surface area contributed by atoms with Crippen molar-refractivity contribution in [1.82, 2.24) is 15.1 Å². The van der Waals surface area contributed by atoms with E-state index in [-0.39, 0.29) is 0 Å². The number of methoxy groups -OCH3 is 1. The molecule has 0 spiro atoms. The van der Waals surface area contributed by atoms with E-state index in [0.717, 1.165) is 31.2 Å². The number of hydrogen-bond acceptors (Lipinski definition) is 4. The molecule has 0 unspecified atom stereocenters. The Morgan fingerprint density at radius 1 is 1.28 bits per heavy atom. The fraction of sp³-hybridized carbons (Fsp3) is 0.444. The Morgan fingerprint density at radius 2 is 2.16 bits per heavy atom. The second kappa shape index (κ2) is 10.2. The van der Waals surface area contributed by atoms with Gasteiger partial charge in [0.1, 0.15) is 0 Å². The first-order chi connectivity index (χ1) is 12.3. The van der Waals surface area contributed by atoms with Crippen LogP contribution in [-0.4, -0.2) is 42.5 Å². The van der Waals surface area contributed by atoms with Gasteiger partial charge in [0, 0.05) is 43.8 Å². The molecule has 0 saturated carbocycles. The minimum absolute atomic E-state index is 0.585. The third-order valence-corrected chi connectivity index (χ3v) is 3.44. The molecule has 2 rings (SSSR count). The third-order valence-electron chi connectivity index (χ3n) is 3.44. The van der Waals surface area contributed by atoms with Crippen molar-refractivity contribution in [3.05, 3.63) is 36.7 Å². The van der Waals surface area contributed by atoms with Crippen LogP contribution in [0.4, 0.5) is 5.69 Å². The molecule has 0 aliphatic carbocycles. The first kappa shape index (κ1) is 18.6. The summed E-state index contributed by atoms with van der Waals surface area (Å²) < 4.78 is 12.8. The van der Waals surface area contributed by atoms with E-state index in [1.807, 2.05) is 49.0 Å². The van der Waals surface area contributed by atoms with Crippen molar-refractivity contribution >= 4 is 11.6 Å². The van der Waals surface area contributed by atoms with E-state index < -0.39 is 0 Å². The Morgan fingerprint density at radius 3 is 2.84 bits per heavy atom. The quantitative estimate of drug-likeness (QED) is 0.415. The highest BCUT2D eigenvalue weighted by Gasteiger charge is 2.07. The van der Waals surface area contributed by atoms with Gasteiger partial charge in [-0.05, 0) is 38.5 Å². The van der Waals surface area contributed by atoms with Crippen molar-refractivity contribution < 1.29 is 9.47 Å². The Hall–Kier alpha value is -2.70. The minimum Gasteiger partial charge on any atom is -0.493 e. The molecule has 0 radical (unpaired) electrons. The number of rotatable bonds is 9. The third kappa shape index (κ3) is 6.02. The van der Waals surface area contributed by atoms with Crippen molar-refractivity contribution in [1.29, 1.82) is 0 Å². The Bertz CT molecular complexity index is 655. The number of nitrogens with one attached hydrogen (secondary N) is 2. The molecule has 2 aromatic rings. The van der Waals surface area contributed by atoms with Crippen LogP contribution in [0.25, 0.3) is 0 Å². The van der Waals surface area contributed by atoms with E-state index in [1.165, 1.54) is 0 Å². The second-order valence-corrected chi connectivity index (χ2v) is 5.31. The molecule has 0 saturated heterocycles. The number of nitrogens with zero attached hydrogens (tertiary/aromatic N) is 3. The lowest BCUT2D eigenvalue weighted by atomic mass is 10.2. The van der Waals surface area contributed by atoms with E-state index >= 15 is 0 Å². The zero-order valence-electron chi connectivity index (χ0n) is 15.2. The highest BCUT2D eigenvalue weighted by molar-refractivity contribution is 5.93. The summed E-state index contributed by atoms with van der Waals surface area (Å²) in [6.07, 6.45) is 4.67. The number of benzene rings is 1. The number of ether oxygens (including phenoxy) is 2. The Kier molecular flexibility index (Phi) is 7.62. The Balaban J connectivity index is 1.97. The van der Waals surface area contributed by atoms with Gasteiger partial charge in [-0.1, -0.05) is 0 Å². The van der Waals surface area contributed by atoms with Crippen LogP contribution in [-0.2, 0) is 6.54 Å². The molecule has 1 aromatic carbocycles. The predicted octanol–water partition coefficient (Wildman–Crippen LogP) is 2.76. The van der Waals surface area contributed by atoms with Crippen molar-refractivity contribution in [2.75, 3.05) is 32.1 Å². The van der Waals surface area contributed by atoms with E-state index in [1.54, 1.807) is 13.3 Å². The normalized spacial score (nSPS) is 11.2. The molecule has 0 atom stereocenters. The summed E-state index contributed by atoms with van der Waals surface area (Å²) in [7, 11) is 1.64. The van der Waals surface area contributed by atoms with E-state index in [0.29, 0.717) is 24.7 Å². The smallest absolute Gasteiger partial charge is 0.195 e. The van der Waals surface area contributed by atoms with E-state index in [2.05, 4.69) is 20.7 Å². The zero-order chi connectivity index (χ0) is 17.9. The maximum absolute atomic E-state index is 5.61. The zero-order valence-corrected chi connectivity index (χ0v) is 15.2. The second-order valence-electron chi connectivity index (χ2n) is 5.31. The van der Waals surface area contributed by atoms with Gasteiger partial charge < -0.3 is 20.1 Å². The van der Waals surface area contributed by atoms with Crippen LogP contribution in [0.2, 0.25) is 0 Å². The molecule has 1 heterocycles. The molecule has 25 heavy (non-hydrogen) atoms. The summed E-state index contributed by atoms with van der Waals surface area (Å²) in [5, 5.41) is 10.7. The van der Waals surface area contributed by atoms with Gasteiger partial charge in [0.05, 0.1) is 13.7 Å². The lowest BCUT2D eigenvalue weighted by molar-refractivity contribution is 0.311. The van der Waals surface area contributed by atoms with Gasteiger partial charge in [0.15, 0.2) is 17.5 Å². The molecule has 0 amide bonds. The first-order valence-electron chi connectivity index (χ1n) is 8.60. The number of guanidine groups is 1. The molecule has 0 fully saturated rings. The van der Waals surface area contributed by atoms with Crippen molar-refractivity contribution in [3.63, 3.8) is 0 Å². The van der Waals surface area contributed by atoms with Crippen molar-refractivity contribution in [2.24, 2.45) is 4.99 Å². The molecule has 136 valence electrons. The van der Waals surface area contributed by atoms with E-state index in [9.17, 15) is 0 Å². The molecule has 7 heteroatoms. The molecule has 7 nitrogen and oxygen atoms in total. The summed E-state index contributed by atoms with van der Waals surface area (Å²) >= 11 is 0. The number of hydrogen-bond donors (Lipinski definition) is 2. The number of aryl methyl sites for hydroxylation is 1. The van der Waals surface area contributed by atoms with Crippen LogP contribution in [0.15, 0.2) is 41.7 Å². The summed E-state index contributed by atoms with van der Waals surface area (Å²) in [5.74, 6) is 2.17. The Labute approximate surface area is 149 Å². The lowest BCUT2D eigenvalue weighted by Gasteiger charge is -2.14. The summed E-state index contributed by atoms with van der Waals surface area (Å²) in [6, 6.07) is 7.67. The average Bonchev–Trinajstić information content (AvgIpc) is 3.13. The maximum atomic E-state index is 5.61. The summed E-state index contributed by atoms with van der Waals surface area (Å²) in [4.78, 5) is 4.61. The van der Waals surface area contributed by atoms with Crippen LogP contribution in [0, 0.1) is 0 Å². The maximum Gasteiger partial charge on any atom is 0.195 e. The monoisotopic (exact) mass is 345 g/mol. The SMILES string of the molecule is CCNC(=NCCCn1cccn1)Nc1ccc(OC)c(OCC)c1. The number of aromatic nitrogens is 2. The van der Waals surface area contributed by atoms with Gasteiger partial charge in [-0.15, -0.1) is 0 Å². The van der Waals surface area contributed by atoms with Crippen LogP contribution in [0.5, 0.6) is 11.5 Å². The number of aliphatic imine (C=N–C) groups is 1. The van der Waals surface area contributed by atoms with Gasteiger partial charge in [0.2, 0.25) is 0 Å². The van der Waals surface area contributed by atoms with Crippen LogP contribution in [0.3, 0.4) is 0 Å². The van der Waals surface area contributed by atoms with Crippen LogP contribution < -0.4 is 20.1 Å².